The highest BCUT2D eigenvalue weighted by molar-refractivity contribution is 5.43. The van der Waals surface area contributed by atoms with Crippen molar-refractivity contribution in [1.82, 2.24) is 0 Å². The molecule has 5 heteroatoms. The number of nitrogens with zero attached hydrogens (tertiary/aromatic N) is 1. The van der Waals surface area contributed by atoms with Crippen LogP contribution < -0.4 is 17.1 Å². The maximum Gasteiger partial charge on any atom is 0.126 e. The number of benzene rings is 2. The van der Waals surface area contributed by atoms with Gasteiger partial charge in [-0.3, -0.25) is 0 Å². The van der Waals surface area contributed by atoms with Gasteiger partial charge >= 0.3 is 0 Å². The Hall–Kier alpha value is -1.59. The fraction of sp³-hybridized carbons (Fsp3) is 0.600. The number of likely N-dealkylation sites (N-methyl/N-ethyl adjacent to an activating group) is 1. The number of hydrogen-bond donors (Lipinski definition) is 1. The first-order valence-corrected chi connectivity index (χ1v) is 12.8. The molecule has 0 spiro atoms. The topological polar surface area (TPSA) is 38.7 Å². The first-order chi connectivity index (χ1) is 15.9. The molecule has 198 valence electrons. The van der Waals surface area contributed by atoms with Gasteiger partial charge in [-0.25, -0.2) is 0 Å². The standard InChI is InChI=1S/C30H48NO3.ClH/c1-9-31(10-2,21-24-14-12-11-13-15-24)22-26(32)23-33-18-19-34-28-17-16-25(29(3,4)5)20-27(28)30(6,7)8;/h11-17,20,26,32H,9-10,18-19,21-23H2,1-8H3;1H/q+1;/p-1. The maximum absolute atomic E-state index is 10.7. The molecule has 0 bridgehead atoms. The predicted octanol–water partition coefficient (Wildman–Crippen LogP) is 3.10. The molecule has 1 unspecified atom stereocenters. The van der Waals surface area contributed by atoms with Crippen molar-refractivity contribution in [2.75, 3.05) is 39.5 Å². The van der Waals surface area contributed by atoms with E-state index in [9.17, 15) is 5.11 Å². The van der Waals surface area contributed by atoms with Gasteiger partial charge in [-0.15, -0.1) is 0 Å². The van der Waals surface area contributed by atoms with Crippen molar-refractivity contribution in [2.24, 2.45) is 0 Å². The van der Waals surface area contributed by atoms with Crippen molar-refractivity contribution >= 4 is 0 Å². The van der Waals surface area contributed by atoms with Crippen LogP contribution in [-0.4, -0.2) is 55.1 Å². The van der Waals surface area contributed by atoms with Gasteiger partial charge < -0.3 is 31.5 Å². The Labute approximate surface area is 220 Å². The number of hydrogen-bond acceptors (Lipinski definition) is 3. The zero-order chi connectivity index (χ0) is 25.4. The minimum absolute atomic E-state index is 0. The molecule has 0 radical (unpaired) electrons. The van der Waals surface area contributed by atoms with Gasteiger partial charge in [-0.1, -0.05) is 84.0 Å². The Balaban J connectivity index is 0.00000612. The molecular formula is C30H48ClNO3. The minimum atomic E-state index is -0.500. The van der Waals surface area contributed by atoms with Crippen molar-refractivity contribution in [3.8, 4) is 5.75 Å². The third-order valence-corrected chi connectivity index (χ3v) is 6.75. The van der Waals surface area contributed by atoms with E-state index in [2.05, 4.69) is 97.9 Å². The summed E-state index contributed by atoms with van der Waals surface area (Å²) in [5.74, 6) is 0.917. The average Bonchev–Trinajstić information content (AvgIpc) is 2.77. The lowest BCUT2D eigenvalue weighted by atomic mass is 9.80. The van der Waals surface area contributed by atoms with Crippen LogP contribution in [0.2, 0.25) is 0 Å². The van der Waals surface area contributed by atoms with Crippen LogP contribution in [0.1, 0.15) is 72.1 Å². The van der Waals surface area contributed by atoms with Crippen LogP contribution in [0.4, 0.5) is 0 Å². The second-order valence-corrected chi connectivity index (χ2v) is 11.6. The van der Waals surface area contributed by atoms with Gasteiger partial charge in [0.05, 0.1) is 26.3 Å². The molecule has 1 atom stereocenters. The molecule has 0 aromatic heterocycles. The molecule has 0 aliphatic carbocycles. The second kappa shape index (κ2) is 13.6. The number of rotatable bonds is 12. The van der Waals surface area contributed by atoms with E-state index < -0.39 is 6.10 Å². The van der Waals surface area contributed by atoms with E-state index in [0.717, 1.165) is 29.9 Å². The molecule has 1 N–H and O–H groups in total. The summed E-state index contributed by atoms with van der Waals surface area (Å²) < 4.78 is 12.8. The van der Waals surface area contributed by atoms with Crippen LogP contribution in [-0.2, 0) is 22.1 Å². The quantitative estimate of drug-likeness (QED) is 0.356. The van der Waals surface area contributed by atoms with Gasteiger partial charge in [0.25, 0.3) is 0 Å². The molecule has 0 heterocycles. The van der Waals surface area contributed by atoms with Gasteiger partial charge in [0.2, 0.25) is 0 Å². The van der Waals surface area contributed by atoms with Gasteiger partial charge in [0, 0.05) is 5.56 Å². The summed E-state index contributed by atoms with van der Waals surface area (Å²) in [4.78, 5) is 0. The smallest absolute Gasteiger partial charge is 0.126 e. The highest BCUT2D eigenvalue weighted by atomic mass is 35.5. The van der Waals surface area contributed by atoms with Gasteiger partial charge in [-0.2, -0.15) is 0 Å². The Morgan fingerprint density at radius 2 is 1.49 bits per heavy atom. The van der Waals surface area contributed by atoms with E-state index in [1.54, 1.807) is 0 Å². The zero-order valence-electron chi connectivity index (χ0n) is 23.2. The van der Waals surface area contributed by atoms with Gasteiger partial charge in [-0.05, 0) is 41.9 Å². The van der Waals surface area contributed by atoms with E-state index in [0.29, 0.717) is 26.4 Å². The number of aliphatic hydroxyl groups is 1. The fourth-order valence-corrected chi connectivity index (χ4v) is 4.38. The molecule has 35 heavy (non-hydrogen) atoms. The summed E-state index contributed by atoms with van der Waals surface area (Å²) in [6.07, 6.45) is -0.500. The fourth-order valence-electron chi connectivity index (χ4n) is 4.38. The monoisotopic (exact) mass is 505 g/mol. The van der Waals surface area contributed by atoms with Crippen molar-refractivity contribution in [2.45, 2.75) is 78.9 Å². The molecule has 0 saturated carbocycles. The van der Waals surface area contributed by atoms with Crippen LogP contribution >= 0.6 is 0 Å². The molecular weight excluding hydrogens is 458 g/mol. The van der Waals surface area contributed by atoms with Crippen molar-refractivity contribution < 1.29 is 31.5 Å². The summed E-state index contributed by atoms with van der Waals surface area (Å²) in [5, 5.41) is 10.7. The van der Waals surface area contributed by atoms with Crippen molar-refractivity contribution in [1.29, 1.82) is 0 Å². The van der Waals surface area contributed by atoms with E-state index in [-0.39, 0.29) is 23.2 Å². The number of ether oxygens (including phenoxy) is 2. The van der Waals surface area contributed by atoms with Crippen LogP contribution in [0.5, 0.6) is 5.75 Å². The summed E-state index contributed by atoms with van der Waals surface area (Å²) >= 11 is 0. The zero-order valence-corrected chi connectivity index (χ0v) is 24.0. The van der Waals surface area contributed by atoms with Crippen LogP contribution in [0, 0.1) is 0 Å². The van der Waals surface area contributed by atoms with Crippen LogP contribution in [0.3, 0.4) is 0 Å². The summed E-state index contributed by atoms with van der Waals surface area (Å²) in [6.45, 7) is 22.6. The number of quaternary nitrogens is 1. The normalized spacial score (nSPS) is 13.3. The molecule has 0 amide bonds. The highest BCUT2D eigenvalue weighted by Crippen LogP contribution is 2.35. The lowest BCUT2D eigenvalue weighted by molar-refractivity contribution is -0.940. The second-order valence-electron chi connectivity index (χ2n) is 11.6. The third-order valence-electron chi connectivity index (χ3n) is 6.75. The Bertz CT molecular complexity index is 867. The largest absolute Gasteiger partial charge is 1.00 e. The molecule has 2 rings (SSSR count). The first-order valence-electron chi connectivity index (χ1n) is 12.8. The molecule has 0 aliphatic rings. The minimum Gasteiger partial charge on any atom is -1.00 e. The lowest BCUT2D eigenvalue weighted by Gasteiger charge is -2.38. The van der Waals surface area contributed by atoms with Crippen LogP contribution in [0.15, 0.2) is 48.5 Å². The first kappa shape index (κ1) is 31.4. The van der Waals surface area contributed by atoms with E-state index >= 15 is 0 Å². The SMILES string of the molecule is CC[N+](CC)(Cc1ccccc1)CC(O)COCCOc1ccc(C(C)(C)C)cc1C(C)(C)C.[Cl-]. The van der Waals surface area contributed by atoms with E-state index in [1.807, 2.05) is 6.07 Å². The molecule has 0 saturated heterocycles. The van der Waals surface area contributed by atoms with Crippen molar-refractivity contribution in [3.63, 3.8) is 0 Å². The summed E-state index contributed by atoms with van der Waals surface area (Å²) in [6, 6.07) is 17.1. The molecule has 4 nitrogen and oxygen atoms in total. The molecule has 2 aromatic carbocycles. The summed E-state index contributed by atoms with van der Waals surface area (Å²) in [5.41, 5.74) is 3.93. The Morgan fingerprint density at radius 3 is 2.03 bits per heavy atom. The highest BCUT2D eigenvalue weighted by Gasteiger charge is 2.28. The lowest BCUT2D eigenvalue weighted by Crippen LogP contribution is -3.00. The predicted molar refractivity (Wildman–Crippen MR) is 143 cm³/mol. The number of aliphatic hydroxyl groups excluding tert-OH is 1. The third kappa shape index (κ3) is 9.76. The molecule has 2 aromatic rings. The molecule has 0 fully saturated rings. The number of halogens is 1. The van der Waals surface area contributed by atoms with E-state index in [1.165, 1.54) is 16.7 Å². The molecule has 0 aliphatic heterocycles. The van der Waals surface area contributed by atoms with Gasteiger partial charge in [0.1, 0.15) is 31.5 Å². The van der Waals surface area contributed by atoms with Crippen molar-refractivity contribution in [3.05, 3.63) is 65.2 Å². The Kier molecular flexibility index (Phi) is 12.3. The van der Waals surface area contributed by atoms with E-state index in [4.69, 9.17) is 9.47 Å². The Morgan fingerprint density at radius 1 is 0.857 bits per heavy atom. The van der Waals surface area contributed by atoms with Crippen LogP contribution in [0.25, 0.3) is 0 Å². The average molecular weight is 506 g/mol. The summed E-state index contributed by atoms with van der Waals surface area (Å²) in [7, 11) is 0. The van der Waals surface area contributed by atoms with Gasteiger partial charge in [0.15, 0.2) is 0 Å². The maximum atomic E-state index is 10.7.